The molecule has 15 heavy (non-hydrogen) atoms. The molecule has 0 atom stereocenters. The van der Waals surface area contributed by atoms with E-state index in [1.807, 2.05) is 18.2 Å². The smallest absolute Gasteiger partial charge is 0.565 e. The second kappa shape index (κ2) is 15.0. The number of hydrogen-bond donors (Lipinski definition) is 2. The van der Waals surface area contributed by atoms with Gasteiger partial charge in [0.15, 0.2) is 0 Å². The van der Waals surface area contributed by atoms with E-state index in [2.05, 4.69) is 4.98 Å². The Balaban J connectivity index is -0.000000145. The normalized spacial score (nSPS) is 6.40. The van der Waals surface area contributed by atoms with Crippen molar-refractivity contribution in [2.45, 2.75) is 0 Å². The van der Waals surface area contributed by atoms with Gasteiger partial charge in [-0.05, 0) is 12.1 Å². The van der Waals surface area contributed by atoms with Crippen LogP contribution >= 0.6 is 0 Å². The molecule has 0 aliphatic heterocycles. The van der Waals surface area contributed by atoms with Crippen LogP contribution in [0.2, 0.25) is 0 Å². The third-order valence-electron chi connectivity index (χ3n) is 0.566. The fourth-order valence-corrected chi connectivity index (χ4v) is 0.313. The van der Waals surface area contributed by atoms with Gasteiger partial charge in [-0.3, -0.25) is 4.98 Å². The molecular formula is C7H7MgNO6. The van der Waals surface area contributed by atoms with E-state index in [-0.39, 0.29) is 23.1 Å². The van der Waals surface area contributed by atoms with Crippen LogP contribution in [0.1, 0.15) is 0 Å². The van der Waals surface area contributed by atoms with Gasteiger partial charge in [0.2, 0.25) is 12.3 Å². The summed E-state index contributed by atoms with van der Waals surface area (Å²) in [6.45, 7) is 0. The van der Waals surface area contributed by atoms with Crippen LogP contribution in [0.25, 0.3) is 0 Å². The first-order chi connectivity index (χ1) is 6.46. The molecule has 0 fully saturated rings. The van der Waals surface area contributed by atoms with Crippen molar-refractivity contribution in [1.29, 1.82) is 0 Å². The third-order valence-corrected chi connectivity index (χ3v) is 0.566. The van der Waals surface area contributed by atoms with Gasteiger partial charge in [-0.2, -0.15) is 0 Å². The Morgan fingerprint density at radius 2 is 1.20 bits per heavy atom. The standard InChI is InChI=1S/C5H5N.2CH2O3.Mg/c1-2-4-6-5-3-1;2*2-1(3)4;/h1-5H;2*(H2,2,3,4);/q;;;+2/p-2. The van der Waals surface area contributed by atoms with Crippen molar-refractivity contribution in [3.63, 3.8) is 0 Å². The van der Waals surface area contributed by atoms with E-state index in [0.717, 1.165) is 0 Å². The Morgan fingerprint density at radius 1 is 0.933 bits per heavy atom. The van der Waals surface area contributed by atoms with Crippen molar-refractivity contribution in [1.82, 2.24) is 4.98 Å². The van der Waals surface area contributed by atoms with Crippen molar-refractivity contribution in [2.75, 3.05) is 0 Å². The van der Waals surface area contributed by atoms with Gasteiger partial charge >= 0.3 is 23.1 Å². The molecule has 0 saturated heterocycles. The zero-order valence-corrected chi connectivity index (χ0v) is 8.98. The van der Waals surface area contributed by atoms with Crippen molar-refractivity contribution in [3.05, 3.63) is 30.6 Å². The number of aromatic nitrogens is 1. The Hall–Kier alpha value is -1.54. The van der Waals surface area contributed by atoms with Gasteiger partial charge in [0.05, 0.1) is 0 Å². The summed E-state index contributed by atoms with van der Waals surface area (Å²) in [4.78, 5) is 20.7. The molecule has 1 aromatic heterocycles. The first-order valence-electron chi connectivity index (χ1n) is 3.11. The second-order valence-corrected chi connectivity index (χ2v) is 1.56. The van der Waals surface area contributed by atoms with Crippen molar-refractivity contribution in [2.24, 2.45) is 0 Å². The number of hydrogen-bond acceptors (Lipinski definition) is 5. The van der Waals surface area contributed by atoms with Crippen molar-refractivity contribution < 1.29 is 30.0 Å². The largest absolute Gasteiger partial charge is 2.00 e. The first kappa shape index (κ1) is 19.1. The second-order valence-electron chi connectivity index (χ2n) is 1.56. The fourth-order valence-electron chi connectivity index (χ4n) is 0.313. The molecule has 0 radical (unpaired) electrons. The molecule has 1 rings (SSSR count). The van der Waals surface area contributed by atoms with Crippen LogP contribution in [0.5, 0.6) is 0 Å². The van der Waals surface area contributed by atoms with E-state index < -0.39 is 12.3 Å². The molecular weight excluding hydrogens is 218 g/mol. The van der Waals surface area contributed by atoms with E-state index in [9.17, 15) is 0 Å². The van der Waals surface area contributed by atoms with Crippen LogP contribution in [-0.4, -0.2) is 50.6 Å². The van der Waals surface area contributed by atoms with Crippen LogP contribution < -0.4 is 10.2 Å². The molecule has 0 saturated carbocycles. The molecule has 0 unspecified atom stereocenters. The fraction of sp³-hybridized carbons (Fsp3) is 0. The third kappa shape index (κ3) is 68.6. The molecule has 8 heteroatoms. The summed E-state index contributed by atoms with van der Waals surface area (Å²) in [5, 5.41) is 30.6. The number of nitrogens with zero attached hydrogens (tertiary/aromatic N) is 1. The molecule has 0 aromatic carbocycles. The Kier molecular flexibility index (Phi) is 19.0. The van der Waals surface area contributed by atoms with Crippen LogP contribution in [-0.2, 0) is 0 Å². The van der Waals surface area contributed by atoms with Gasteiger partial charge in [0.1, 0.15) is 0 Å². The topological polar surface area (TPSA) is 134 Å². The van der Waals surface area contributed by atoms with Crippen LogP contribution in [0.4, 0.5) is 9.59 Å². The number of carbonyl (C=O) groups is 2. The van der Waals surface area contributed by atoms with Gasteiger partial charge < -0.3 is 30.0 Å². The summed E-state index contributed by atoms with van der Waals surface area (Å²) in [6, 6.07) is 5.72. The molecule has 0 aliphatic rings. The minimum absolute atomic E-state index is 0. The zero-order chi connectivity index (χ0) is 11.4. The average molecular weight is 225 g/mol. The van der Waals surface area contributed by atoms with Gasteiger partial charge in [0.25, 0.3) is 0 Å². The summed E-state index contributed by atoms with van der Waals surface area (Å²) in [7, 11) is 0. The number of carboxylic acid groups (broad SMARTS) is 4. The van der Waals surface area contributed by atoms with E-state index in [0.29, 0.717) is 0 Å². The zero-order valence-electron chi connectivity index (χ0n) is 7.57. The summed E-state index contributed by atoms with van der Waals surface area (Å²) < 4.78 is 0. The molecule has 1 heterocycles. The molecule has 0 spiro atoms. The summed E-state index contributed by atoms with van der Waals surface area (Å²) in [6.07, 6.45) is -0.667. The van der Waals surface area contributed by atoms with Crippen LogP contribution in [0.3, 0.4) is 0 Å². The predicted molar refractivity (Wildman–Crippen MR) is 46.0 cm³/mol. The summed E-state index contributed by atoms with van der Waals surface area (Å²) in [5.74, 6) is 0. The Labute approximate surface area is 101 Å². The van der Waals surface area contributed by atoms with Gasteiger partial charge in [0, 0.05) is 12.4 Å². The Bertz CT molecular complexity index is 208. The van der Waals surface area contributed by atoms with E-state index >= 15 is 0 Å². The van der Waals surface area contributed by atoms with Crippen LogP contribution in [0.15, 0.2) is 30.6 Å². The number of rotatable bonds is 0. The molecule has 0 aliphatic carbocycles. The maximum atomic E-state index is 8.44. The maximum Gasteiger partial charge on any atom is 2.00 e. The Morgan fingerprint density at radius 3 is 1.27 bits per heavy atom. The van der Waals surface area contributed by atoms with E-state index in [1.54, 1.807) is 12.4 Å². The molecule has 0 amide bonds. The molecule has 2 N–H and O–H groups in total. The minimum atomic E-state index is -2.08. The van der Waals surface area contributed by atoms with E-state index in [4.69, 9.17) is 30.0 Å². The first-order valence-corrected chi connectivity index (χ1v) is 3.11. The molecule has 78 valence electrons. The van der Waals surface area contributed by atoms with Gasteiger partial charge in [-0.15, -0.1) is 0 Å². The predicted octanol–water partition coefficient (Wildman–Crippen LogP) is -1.52. The monoisotopic (exact) mass is 225 g/mol. The average Bonchev–Trinajstić information content (AvgIpc) is 2.05. The van der Waals surface area contributed by atoms with Crippen LogP contribution in [0, 0.1) is 0 Å². The molecule has 7 nitrogen and oxygen atoms in total. The quantitative estimate of drug-likeness (QED) is 0.512. The molecule has 0 bridgehead atoms. The SMILES string of the molecule is O=C([O-])O.O=C([O-])O.[Mg+2].c1ccncc1. The van der Waals surface area contributed by atoms with Gasteiger partial charge in [-0.25, -0.2) is 0 Å². The summed E-state index contributed by atoms with van der Waals surface area (Å²) >= 11 is 0. The van der Waals surface area contributed by atoms with Crippen molar-refractivity contribution in [3.8, 4) is 0 Å². The molecule has 1 aromatic rings. The van der Waals surface area contributed by atoms with Crippen molar-refractivity contribution >= 4 is 35.4 Å². The number of pyridine rings is 1. The maximum absolute atomic E-state index is 8.44. The van der Waals surface area contributed by atoms with E-state index in [1.165, 1.54) is 0 Å². The summed E-state index contributed by atoms with van der Waals surface area (Å²) in [5.41, 5.74) is 0. The minimum Gasteiger partial charge on any atom is -0.565 e. The van der Waals surface area contributed by atoms with Gasteiger partial charge in [-0.1, -0.05) is 6.07 Å².